The van der Waals surface area contributed by atoms with Crippen LogP contribution in [0.4, 0.5) is 10.1 Å². The van der Waals surface area contributed by atoms with Crippen molar-refractivity contribution in [2.75, 3.05) is 19.0 Å². The third-order valence-corrected chi connectivity index (χ3v) is 2.93. The first-order chi connectivity index (χ1) is 10.2. The minimum atomic E-state index is -0.335. The highest BCUT2D eigenvalue weighted by Gasteiger charge is 2.06. The van der Waals surface area contributed by atoms with E-state index in [4.69, 9.17) is 15.9 Å². The fourth-order valence-electron chi connectivity index (χ4n) is 1.87. The van der Waals surface area contributed by atoms with E-state index in [1.165, 1.54) is 6.07 Å². The van der Waals surface area contributed by atoms with Crippen LogP contribution in [0.15, 0.2) is 42.5 Å². The highest BCUT2D eigenvalue weighted by Crippen LogP contribution is 2.24. The quantitative estimate of drug-likeness (QED) is 0.825. The van der Waals surface area contributed by atoms with Crippen LogP contribution in [-0.2, 0) is 6.54 Å². The minimum absolute atomic E-state index is 0.199. The zero-order chi connectivity index (χ0) is 15.1. The Morgan fingerprint density at radius 1 is 1.24 bits per heavy atom. The van der Waals surface area contributed by atoms with Crippen molar-refractivity contribution in [3.8, 4) is 23.8 Å². The first-order valence-corrected chi connectivity index (χ1v) is 6.46. The van der Waals surface area contributed by atoms with E-state index in [0.29, 0.717) is 23.7 Å². The number of hydrogen-bond donors (Lipinski definition) is 1. The Kier molecular flexibility index (Phi) is 5.05. The molecule has 0 heterocycles. The summed E-state index contributed by atoms with van der Waals surface area (Å²) in [5.41, 5.74) is 1.27. The standard InChI is InChI=1S/C17H16FNO2/c1-3-10-21-17-7-5-4-6-13(17)12-19-16-11-14(20-2)8-9-15(16)18/h1,4-9,11,19H,10,12H2,2H3. The summed E-state index contributed by atoms with van der Waals surface area (Å²) in [5.74, 6) is 3.37. The molecule has 0 aliphatic carbocycles. The molecule has 0 aliphatic rings. The number of methoxy groups -OCH3 is 1. The Bertz CT molecular complexity index is 649. The number of rotatable bonds is 6. The van der Waals surface area contributed by atoms with Crippen LogP contribution >= 0.6 is 0 Å². The Labute approximate surface area is 123 Å². The lowest BCUT2D eigenvalue weighted by Gasteiger charge is -2.12. The third kappa shape index (κ3) is 3.90. The van der Waals surface area contributed by atoms with E-state index >= 15 is 0 Å². The van der Waals surface area contributed by atoms with Crippen LogP contribution in [0.25, 0.3) is 0 Å². The average Bonchev–Trinajstić information content (AvgIpc) is 2.53. The number of terminal acetylenes is 1. The molecule has 4 heteroatoms. The van der Waals surface area contributed by atoms with Gasteiger partial charge in [0.15, 0.2) is 0 Å². The lowest BCUT2D eigenvalue weighted by atomic mass is 10.2. The topological polar surface area (TPSA) is 30.5 Å². The Morgan fingerprint density at radius 2 is 2.05 bits per heavy atom. The van der Waals surface area contributed by atoms with Crippen LogP contribution in [0.3, 0.4) is 0 Å². The second-order valence-corrected chi connectivity index (χ2v) is 4.30. The average molecular weight is 285 g/mol. The van der Waals surface area contributed by atoms with E-state index in [0.717, 1.165) is 5.56 Å². The molecular formula is C17H16FNO2. The first kappa shape index (κ1) is 14.7. The fraction of sp³-hybridized carbons (Fsp3) is 0.176. The normalized spacial score (nSPS) is 9.76. The lowest BCUT2D eigenvalue weighted by molar-refractivity contribution is 0.366. The molecule has 0 atom stereocenters. The highest BCUT2D eigenvalue weighted by atomic mass is 19.1. The summed E-state index contributed by atoms with van der Waals surface area (Å²) in [6.07, 6.45) is 5.19. The van der Waals surface area contributed by atoms with Gasteiger partial charge in [0.1, 0.15) is 23.9 Å². The molecule has 1 N–H and O–H groups in total. The first-order valence-electron chi connectivity index (χ1n) is 6.46. The van der Waals surface area contributed by atoms with Crippen molar-refractivity contribution in [2.24, 2.45) is 0 Å². The second kappa shape index (κ2) is 7.20. The molecule has 2 aromatic rings. The van der Waals surface area contributed by atoms with Crippen molar-refractivity contribution in [3.63, 3.8) is 0 Å². The molecule has 0 bridgehead atoms. The van der Waals surface area contributed by atoms with Crippen molar-refractivity contribution in [2.45, 2.75) is 6.54 Å². The summed E-state index contributed by atoms with van der Waals surface area (Å²) in [6, 6.07) is 12.0. The van der Waals surface area contributed by atoms with Crippen LogP contribution in [-0.4, -0.2) is 13.7 Å². The molecule has 3 nitrogen and oxygen atoms in total. The number of benzene rings is 2. The van der Waals surface area contributed by atoms with Crippen LogP contribution in [0.1, 0.15) is 5.56 Å². The molecule has 0 aromatic heterocycles. The Morgan fingerprint density at radius 3 is 2.81 bits per heavy atom. The zero-order valence-corrected chi connectivity index (χ0v) is 11.7. The summed E-state index contributed by atoms with van der Waals surface area (Å²) in [5, 5.41) is 3.03. The van der Waals surface area contributed by atoms with Gasteiger partial charge in [0.05, 0.1) is 12.8 Å². The maximum absolute atomic E-state index is 13.7. The van der Waals surface area contributed by atoms with Crippen LogP contribution in [0.5, 0.6) is 11.5 Å². The van der Waals surface area contributed by atoms with Gasteiger partial charge in [-0.05, 0) is 18.2 Å². The van der Waals surface area contributed by atoms with Gasteiger partial charge in [-0.25, -0.2) is 4.39 Å². The number of hydrogen-bond acceptors (Lipinski definition) is 3. The summed E-state index contributed by atoms with van der Waals surface area (Å²) in [4.78, 5) is 0. The van der Waals surface area contributed by atoms with Crippen molar-refractivity contribution >= 4 is 5.69 Å². The largest absolute Gasteiger partial charge is 0.497 e. The SMILES string of the molecule is C#CCOc1ccccc1CNc1cc(OC)ccc1F. The minimum Gasteiger partial charge on any atom is -0.497 e. The molecule has 0 spiro atoms. The summed E-state index contributed by atoms with van der Waals surface area (Å²) >= 11 is 0. The molecule has 0 radical (unpaired) electrons. The predicted octanol–water partition coefficient (Wildman–Crippen LogP) is 3.46. The smallest absolute Gasteiger partial charge is 0.148 e. The van der Waals surface area contributed by atoms with Gasteiger partial charge in [-0.15, -0.1) is 6.42 Å². The van der Waals surface area contributed by atoms with E-state index in [1.54, 1.807) is 19.2 Å². The molecule has 0 saturated carbocycles. The van der Waals surface area contributed by atoms with Crippen molar-refractivity contribution in [1.82, 2.24) is 0 Å². The molecule has 0 amide bonds. The highest BCUT2D eigenvalue weighted by molar-refractivity contribution is 5.50. The predicted molar refractivity (Wildman–Crippen MR) is 81.0 cm³/mol. The van der Waals surface area contributed by atoms with E-state index in [-0.39, 0.29) is 12.4 Å². The number of anilines is 1. The van der Waals surface area contributed by atoms with Crippen LogP contribution < -0.4 is 14.8 Å². The molecule has 0 fully saturated rings. The summed E-state index contributed by atoms with van der Waals surface area (Å²) in [6.45, 7) is 0.620. The van der Waals surface area contributed by atoms with Crippen molar-refractivity contribution in [1.29, 1.82) is 0 Å². The molecule has 0 aliphatic heterocycles. The van der Waals surface area contributed by atoms with Gasteiger partial charge in [-0.3, -0.25) is 0 Å². The third-order valence-electron chi connectivity index (χ3n) is 2.93. The van der Waals surface area contributed by atoms with E-state index in [2.05, 4.69) is 11.2 Å². The number of para-hydroxylation sites is 1. The van der Waals surface area contributed by atoms with Gasteiger partial charge in [0.25, 0.3) is 0 Å². The van der Waals surface area contributed by atoms with E-state index < -0.39 is 0 Å². The van der Waals surface area contributed by atoms with Gasteiger partial charge in [0.2, 0.25) is 0 Å². The molecular weight excluding hydrogens is 269 g/mol. The number of halogens is 1. The molecule has 0 unspecified atom stereocenters. The zero-order valence-electron chi connectivity index (χ0n) is 11.7. The van der Waals surface area contributed by atoms with Crippen molar-refractivity contribution in [3.05, 3.63) is 53.8 Å². The Hall–Kier alpha value is -2.67. The second-order valence-electron chi connectivity index (χ2n) is 4.30. The monoisotopic (exact) mass is 285 g/mol. The maximum Gasteiger partial charge on any atom is 0.148 e. The molecule has 2 aromatic carbocycles. The Balaban J connectivity index is 2.11. The molecule has 2 rings (SSSR count). The van der Waals surface area contributed by atoms with Gasteiger partial charge >= 0.3 is 0 Å². The lowest BCUT2D eigenvalue weighted by Crippen LogP contribution is -2.05. The maximum atomic E-state index is 13.7. The summed E-state index contributed by atoms with van der Waals surface area (Å²) in [7, 11) is 1.54. The number of nitrogens with one attached hydrogen (secondary N) is 1. The van der Waals surface area contributed by atoms with Gasteiger partial charge in [-0.1, -0.05) is 24.1 Å². The summed E-state index contributed by atoms with van der Waals surface area (Å²) < 4.78 is 24.3. The number of ether oxygens (including phenoxy) is 2. The van der Waals surface area contributed by atoms with E-state index in [1.807, 2.05) is 24.3 Å². The molecule has 0 saturated heterocycles. The molecule has 108 valence electrons. The molecule has 21 heavy (non-hydrogen) atoms. The van der Waals surface area contributed by atoms with Crippen LogP contribution in [0.2, 0.25) is 0 Å². The van der Waals surface area contributed by atoms with Crippen LogP contribution in [0, 0.1) is 18.2 Å². The van der Waals surface area contributed by atoms with Gasteiger partial charge in [-0.2, -0.15) is 0 Å². The van der Waals surface area contributed by atoms with Gasteiger partial charge in [0, 0.05) is 18.2 Å². The van der Waals surface area contributed by atoms with E-state index in [9.17, 15) is 4.39 Å². The fourth-order valence-corrected chi connectivity index (χ4v) is 1.87. The van der Waals surface area contributed by atoms with Crippen molar-refractivity contribution < 1.29 is 13.9 Å². The van der Waals surface area contributed by atoms with Gasteiger partial charge < -0.3 is 14.8 Å².